The molecule has 0 spiro atoms. The van der Waals surface area contributed by atoms with Gasteiger partial charge in [0, 0.05) is 6.07 Å². The third-order valence-electron chi connectivity index (χ3n) is 3.25. The van der Waals surface area contributed by atoms with Crippen LogP contribution >= 0.6 is 23.2 Å². The van der Waals surface area contributed by atoms with Crippen LogP contribution in [0.4, 0.5) is 5.69 Å². The molecule has 8 heteroatoms. The Bertz CT molecular complexity index is 810. The first-order valence-electron chi connectivity index (χ1n) is 7.68. The Morgan fingerprint density at radius 1 is 1.08 bits per heavy atom. The Morgan fingerprint density at radius 3 is 2.46 bits per heavy atom. The summed E-state index contributed by atoms with van der Waals surface area (Å²) < 4.78 is 15.5. The van der Waals surface area contributed by atoms with Crippen LogP contribution in [-0.4, -0.2) is 32.2 Å². The average Bonchev–Trinajstić information content (AvgIpc) is 2.62. The fourth-order valence-corrected chi connectivity index (χ4v) is 2.48. The van der Waals surface area contributed by atoms with Crippen molar-refractivity contribution in [1.29, 1.82) is 0 Å². The second kappa shape index (κ2) is 9.31. The lowest BCUT2D eigenvalue weighted by Crippen LogP contribution is -2.20. The van der Waals surface area contributed by atoms with E-state index in [1.165, 1.54) is 19.2 Å². The number of amides is 1. The highest BCUT2D eigenvalue weighted by atomic mass is 35.5. The normalized spacial score (nSPS) is 10.2. The van der Waals surface area contributed by atoms with Gasteiger partial charge >= 0.3 is 5.97 Å². The number of benzene rings is 2. The van der Waals surface area contributed by atoms with Gasteiger partial charge in [-0.05, 0) is 25.1 Å². The highest BCUT2D eigenvalue weighted by molar-refractivity contribution is 6.34. The van der Waals surface area contributed by atoms with Crippen LogP contribution in [0.5, 0.6) is 11.5 Å². The quantitative estimate of drug-likeness (QED) is 0.708. The van der Waals surface area contributed by atoms with Gasteiger partial charge in [-0.15, -0.1) is 0 Å². The van der Waals surface area contributed by atoms with Crippen LogP contribution in [-0.2, 0) is 9.53 Å². The van der Waals surface area contributed by atoms with Crippen LogP contribution in [0.2, 0.25) is 10.0 Å². The third kappa shape index (κ3) is 5.03. The van der Waals surface area contributed by atoms with Gasteiger partial charge in [0.25, 0.3) is 5.91 Å². The largest absolute Gasteiger partial charge is 0.496 e. The van der Waals surface area contributed by atoms with E-state index in [-0.39, 0.29) is 35.2 Å². The molecule has 0 aromatic heterocycles. The topological polar surface area (TPSA) is 73.9 Å². The van der Waals surface area contributed by atoms with Gasteiger partial charge in [0.1, 0.15) is 17.1 Å². The number of halogens is 2. The number of para-hydroxylation sites is 1. The van der Waals surface area contributed by atoms with Gasteiger partial charge in [0.05, 0.1) is 29.4 Å². The van der Waals surface area contributed by atoms with Gasteiger partial charge in [0.2, 0.25) is 0 Å². The molecule has 1 N–H and O–H groups in total. The van der Waals surface area contributed by atoms with Crippen LogP contribution in [0, 0.1) is 0 Å². The van der Waals surface area contributed by atoms with E-state index in [0.29, 0.717) is 10.8 Å². The lowest BCUT2D eigenvalue weighted by Gasteiger charge is -2.13. The smallest absolute Gasteiger partial charge is 0.341 e. The van der Waals surface area contributed by atoms with Gasteiger partial charge < -0.3 is 19.5 Å². The van der Waals surface area contributed by atoms with Crippen molar-refractivity contribution in [3.63, 3.8) is 0 Å². The number of hydrogen-bond acceptors (Lipinski definition) is 5. The SMILES string of the molecule is CCOC(=O)c1cc(Cl)c(NC(=O)COc2ccccc2Cl)cc1OC. The van der Waals surface area contributed by atoms with Gasteiger partial charge in [0.15, 0.2) is 6.61 Å². The Balaban J connectivity index is 2.10. The maximum absolute atomic E-state index is 12.1. The van der Waals surface area contributed by atoms with E-state index in [0.717, 1.165) is 0 Å². The zero-order valence-corrected chi connectivity index (χ0v) is 15.7. The molecule has 138 valence electrons. The minimum Gasteiger partial charge on any atom is -0.496 e. The summed E-state index contributed by atoms with van der Waals surface area (Å²) in [6.07, 6.45) is 0. The minimum atomic E-state index is -0.564. The lowest BCUT2D eigenvalue weighted by molar-refractivity contribution is -0.118. The Morgan fingerprint density at radius 2 is 1.81 bits per heavy atom. The average molecular weight is 398 g/mol. The summed E-state index contributed by atoms with van der Waals surface area (Å²) in [5.74, 6) is -0.384. The lowest BCUT2D eigenvalue weighted by atomic mass is 10.1. The van der Waals surface area contributed by atoms with Crippen molar-refractivity contribution in [1.82, 2.24) is 0 Å². The first-order chi connectivity index (χ1) is 12.5. The van der Waals surface area contributed by atoms with Crippen LogP contribution in [0.25, 0.3) is 0 Å². The van der Waals surface area contributed by atoms with Crippen LogP contribution in [0.1, 0.15) is 17.3 Å². The van der Waals surface area contributed by atoms with Crippen LogP contribution in [0.3, 0.4) is 0 Å². The van der Waals surface area contributed by atoms with Crippen molar-refractivity contribution in [2.45, 2.75) is 6.92 Å². The molecule has 0 radical (unpaired) electrons. The van der Waals surface area contributed by atoms with Gasteiger partial charge in [-0.3, -0.25) is 4.79 Å². The predicted molar refractivity (Wildman–Crippen MR) is 99.5 cm³/mol. The molecule has 26 heavy (non-hydrogen) atoms. The minimum absolute atomic E-state index is 0.167. The van der Waals surface area contributed by atoms with Gasteiger partial charge in [-0.25, -0.2) is 4.79 Å². The van der Waals surface area contributed by atoms with E-state index >= 15 is 0 Å². The molecule has 0 saturated heterocycles. The van der Waals surface area contributed by atoms with Crippen molar-refractivity contribution < 1.29 is 23.8 Å². The van der Waals surface area contributed by atoms with Crippen molar-refractivity contribution in [2.24, 2.45) is 0 Å². The summed E-state index contributed by atoms with van der Waals surface area (Å²) >= 11 is 12.1. The first kappa shape index (κ1) is 19.9. The molecule has 2 aromatic carbocycles. The molecule has 0 bridgehead atoms. The molecule has 6 nitrogen and oxygen atoms in total. The highest BCUT2D eigenvalue weighted by Gasteiger charge is 2.18. The summed E-state index contributed by atoms with van der Waals surface area (Å²) in [6.45, 7) is 1.65. The van der Waals surface area contributed by atoms with Crippen LogP contribution < -0.4 is 14.8 Å². The van der Waals surface area contributed by atoms with Crippen molar-refractivity contribution in [3.8, 4) is 11.5 Å². The molecule has 2 rings (SSSR count). The number of ether oxygens (including phenoxy) is 3. The molecular weight excluding hydrogens is 381 g/mol. The molecule has 1 amide bonds. The van der Waals surface area contributed by atoms with E-state index in [1.54, 1.807) is 31.2 Å². The van der Waals surface area contributed by atoms with E-state index in [4.69, 9.17) is 37.4 Å². The Labute approximate surface area is 160 Å². The number of carbonyl (C=O) groups excluding carboxylic acids is 2. The maximum Gasteiger partial charge on any atom is 0.341 e. The molecule has 0 heterocycles. The number of esters is 1. The van der Waals surface area contributed by atoms with Crippen molar-refractivity contribution >= 4 is 40.8 Å². The predicted octanol–water partition coefficient (Wildman–Crippen LogP) is 4.20. The maximum atomic E-state index is 12.1. The molecule has 0 aliphatic heterocycles. The number of carbonyl (C=O) groups is 2. The molecule has 0 aliphatic rings. The molecular formula is C18H17Cl2NO5. The Hall–Kier alpha value is -2.44. The van der Waals surface area contributed by atoms with E-state index < -0.39 is 11.9 Å². The van der Waals surface area contributed by atoms with Gasteiger partial charge in [-0.2, -0.15) is 0 Å². The summed E-state index contributed by atoms with van der Waals surface area (Å²) in [7, 11) is 1.40. The molecule has 0 saturated carbocycles. The summed E-state index contributed by atoms with van der Waals surface area (Å²) in [5, 5.41) is 3.17. The van der Waals surface area contributed by atoms with Crippen molar-refractivity contribution in [3.05, 3.63) is 52.0 Å². The standard InChI is InChI=1S/C18H17Cl2NO5/c1-3-25-18(23)11-8-13(20)14(9-16(11)24-2)21-17(22)10-26-15-7-5-4-6-12(15)19/h4-9H,3,10H2,1-2H3,(H,21,22). The van der Waals surface area contributed by atoms with E-state index in [1.807, 2.05) is 0 Å². The summed E-state index contributed by atoms with van der Waals surface area (Å²) in [6, 6.07) is 9.64. The number of rotatable bonds is 7. The molecule has 0 aliphatic carbocycles. The summed E-state index contributed by atoms with van der Waals surface area (Å²) in [5.41, 5.74) is 0.453. The van der Waals surface area contributed by atoms with E-state index in [9.17, 15) is 9.59 Å². The number of hydrogen-bond donors (Lipinski definition) is 1. The second-order valence-electron chi connectivity index (χ2n) is 5.02. The Kier molecular flexibility index (Phi) is 7.12. The monoisotopic (exact) mass is 397 g/mol. The van der Waals surface area contributed by atoms with Crippen molar-refractivity contribution in [2.75, 3.05) is 25.6 Å². The number of anilines is 1. The third-order valence-corrected chi connectivity index (χ3v) is 3.88. The zero-order chi connectivity index (χ0) is 19.1. The molecule has 0 fully saturated rings. The molecule has 0 atom stereocenters. The zero-order valence-electron chi connectivity index (χ0n) is 14.2. The second-order valence-corrected chi connectivity index (χ2v) is 5.83. The van der Waals surface area contributed by atoms with Gasteiger partial charge in [-0.1, -0.05) is 35.3 Å². The number of methoxy groups -OCH3 is 1. The first-order valence-corrected chi connectivity index (χ1v) is 8.43. The molecule has 2 aromatic rings. The highest BCUT2D eigenvalue weighted by Crippen LogP contribution is 2.31. The number of nitrogens with one attached hydrogen (secondary N) is 1. The van der Waals surface area contributed by atoms with Crippen LogP contribution in [0.15, 0.2) is 36.4 Å². The fraction of sp³-hybridized carbons (Fsp3) is 0.222. The fourth-order valence-electron chi connectivity index (χ4n) is 2.08. The molecule has 0 unspecified atom stereocenters. The summed E-state index contributed by atoms with van der Waals surface area (Å²) in [4.78, 5) is 24.0. The van der Waals surface area contributed by atoms with E-state index in [2.05, 4.69) is 5.32 Å².